The van der Waals surface area contributed by atoms with Gasteiger partial charge >= 0.3 is 0 Å². The first-order valence-electron chi connectivity index (χ1n) is 12.4. The molecule has 0 spiro atoms. The molecule has 8 aromatic rings. The molecule has 37 heavy (non-hydrogen) atoms. The molecule has 0 amide bonds. The van der Waals surface area contributed by atoms with Gasteiger partial charge in [0.2, 0.25) is 0 Å². The fraction of sp³-hybridized carbons (Fsp3) is 0. The van der Waals surface area contributed by atoms with E-state index < -0.39 is 0 Å². The lowest BCUT2D eigenvalue weighted by molar-refractivity contribution is 1.24. The molecule has 0 aliphatic carbocycles. The summed E-state index contributed by atoms with van der Waals surface area (Å²) in [4.78, 5) is 10.3. The van der Waals surface area contributed by atoms with E-state index in [4.69, 9.17) is 9.97 Å². The van der Waals surface area contributed by atoms with Gasteiger partial charge in [-0.1, -0.05) is 109 Å². The minimum absolute atomic E-state index is 0.759. The van der Waals surface area contributed by atoms with E-state index in [0.29, 0.717) is 0 Å². The maximum absolute atomic E-state index is 5.19. The Kier molecular flexibility index (Phi) is 4.42. The Labute approximate surface area is 217 Å². The van der Waals surface area contributed by atoms with Gasteiger partial charge in [0.05, 0.1) is 15.9 Å². The van der Waals surface area contributed by atoms with Crippen LogP contribution in [0.5, 0.6) is 0 Å². The van der Waals surface area contributed by atoms with Crippen molar-refractivity contribution in [3.05, 3.63) is 121 Å². The molecule has 0 bridgehead atoms. The highest BCUT2D eigenvalue weighted by atomic mass is 32.1. The molecule has 0 saturated carbocycles. The summed E-state index contributed by atoms with van der Waals surface area (Å²) in [7, 11) is 0. The van der Waals surface area contributed by atoms with Gasteiger partial charge in [0.1, 0.15) is 0 Å². The van der Waals surface area contributed by atoms with Crippen molar-refractivity contribution in [2.24, 2.45) is 0 Å². The van der Waals surface area contributed by atoms with Crippen LogP contribution in [0, 0.1) is 0 Å². The Morgan fingerprint density at radius 2 is 1.00 bits per heavy atom. The number of aromatic nitrogens is 2. The molecule has 2 nitrogen and oxygen atoms in total. The molecule has 2 aromatic heterocycles. The van der Waals surface area contributed by atoms with Gasteiger partial charge in [0, 0.05) is 21.2 Å². The highest BCUT2D eigenvalue weighted by Crippen LogP contribution is 2.41. The quantitative estimate of drug-likeness (QED) is 0.226. The topological polar surface area (TPSA) is 25.8 Å². The summed E-state index contributed by atoms with van der Waals surface area (Å²) in [6.07, 6.45) is 0. The molecular weight excluding hydrogens is 468 g/mol. The first-order valence-corrected chi connectivity index (χ1v) is 13.2. The smallest absolute Gasteiger partial charge is 0.160 e. The Hall–Kier alpha value is -4.60. The van der Waals surface area contributed by atoms with Crippen LogP contribution >= 0.6 is 11.3 Å². The molecule has 0 atom stereocenters. The van der Waals surface area contributed by atoms with Crippen LogP contribution in [-0.4, -0.2) is 9.97 Å². The number of rotatable bonds is 2. The van der Waals surface area contributed by atoms with Crippen LogP contribution in [0.4, 0.5) is 0 Å². The molecule has 0 aliphatic rings. The number of hydrogen-bond acceptors (Lipinski definition) is 3. The van der Waals surface area contributed by atoms with Crippen LogP contribution in [-0.2, 0) is 0 Å². The minimum Gasteiger partial charge on any atom is -0.226 e. The predicted molar refractivity (Wildman–Crippen MR) is 158 cm³/mol. The zero-order valence-corrected chi connectivity index (χ0v) is 20.7. The average molecular weight is 489 g/mol. The predicted octanol–water partition coefficient (Wildman–Crippen LogP) is 9.64. The number of nitrogens with zero attached hydrogens (tertiary/aromatic N) is 2. The zero-order valence-electron chi connectivity index (χ0n) is 19.8. The fourth-order valence-corrected chi connectivity index (χ4v) is 6.71. The van der Waals surface area contributed by atoms with E-state index in [2.05, 4.69) is 103 Å². The van der Waals surface area contributed by atoms with Crippen molar-refractivity contribution in [2.45, 2.75) is 0 Å². The monoisotopic (exact) mass is 488 g/mol. The maximum atomic E-state index is 5.19. The summed E-state index contributed by atoms with van der Waals surface area (Å²) in [5, 5.41) is 8.82. The molecule has 2 heterocycles. The molecule has 0 unspecified atom stereocenters. The van der Waals surface area contributed by atoms with Crippen molar-refractivity contribution >= 4 is 64.0 Å². The molecule has 0 saturated heterocycles. The number of thiophene rings is 1. The fourth-order valence-electron chi connectivity index (χ4n) is 5.56. The minimum atomic E-state index is 0.759. The van der Waals surface area contributed by atoms with Crippen molar-refractivity contribution < 1.29 is 0 Å². The second-order valence-electron chi connectivity index (χ2n) is 9.39. The van der Waals surface area contributed by atoms with E-state index in [0.717, 1.165) is 32.9 Å². The third-order valence-electron chi connectivity index (χ3n) is 7.27. The summed E-state index contributed by atoms with van der Waals surface area (Å²) in [6.45, 7) is 0. The highest BCUT2D eigenvalue weighted by Gasteiger charge is 2.17. The van der Waals surface area contributed by atoms with Crippen molar-refractivity contribution in [3.63, 3.8) is 0 Å². The van der Waals surface area contributed by atoms with Crippen molar-refractivity contribution in [1.29, 1.82) is 0 Å². The number of benzene rings is 6. The molecule has 0 fully saturated rings. The normalized spacial score (nSPS) is 11.8. The van der Waals surface area contributed by atoms with Crippen LogP contribution in [0.15, 0.2) is 121 Å². The van der Waals surface area contributed by atoms with Crippen LogP contribution in [0.3, 0.4) is 0 Å². The van der Waals surface area contributed by atoms with Gasteiger partial charge in [-0.15, -0.1) is 11.3 Å². The van der Waals surface area contributed by atoms with Crippen LogP contribution in [0.25, 0.3) is 75.3 Å². The lowest BCUT2D eigenvalue weighted by Crippen LogP contribution is -1.93. The standard InChI is InChI=1S/C34H20N2S/c1-2-10-21(11-3-1)34-35-31(33-32(36-34)28-16-8-9-17-30(28)37-33)22-18-19-27-25-14-5-4-12-23(25)24-13-6-7-15-26(24)29(27)20-22/h1-20H. The van der Waals surface area contributed by atoms with Gasteiger partial charge in [0.15, 0.2) is 5.82 Å². The molecular formula is C34H20N2S. The van der Waals surface area contributed by atoms with E-state index in [-0.39, 0.29) is 0 Å². The molecule has 0 aliphatic heterocycles. The molecule has 0 radical (unpaired) electrons. The summed E-state index contributed by atoms with van der Waals surface area (Å²) < 4.78 is 2.36. The lowest BCUT2D eigenvalue weighted by Gasteiger charge is -2.12. The van der Waals surface area contributed by atoms with E-state index in [1.54, 1.807) is 11.3 Å². The highest BCUT2D eigenvalue weighted by molar-refractivity contribution is 7.26. The summed E-state index contributed by atoms with van der Waals surface area (Å²) in [5.74, 6) is 0.759. The Morgan fingerprint density at radius 1 is 0.432 bits per heavy atom. The summed E-state index contributed by atoms with van der Waals surface area (Å²) >= 11 is 1.77. The van der Waals surface area contributed by atoms with E-state index in [9.17, 15) is 0 Å². The second-order valence-corrected chi connectivity index (χ2v) is 10.4. The van der Waals surface area contributed by atoms with Crippen molar-refractivity contribution in [2.75, 3.05) is 0 Å². The van der Waals surface area contributed by atoms with Crippen LogP contribution < -0.4 is 0 Å². The summed E-state index contributed by atoms with van der Waals surface area (Å²) in [5.41, 5.74) is 4.15. The lowest BCUT2D eigenvalue weighted by atomic mass is 9.93. The largest absolute Gasteiger partial charge is 0.226 e. The van der Waals surface area contributed by atoms with Crippen molar-refractivity contribution in [3.8, 4) is 22.6 Å². The maximum Gasteiger partial charge on any atom is 0.160 e. The first kappa shape index (κ1) is 20.6. The van der Waals surface area contributed by atoms with E-state index >= 15 is 0 Å². The van der Waals surface area contributed by atoms with Crippen molar-refractivity contribution in [1.82, 2.24) is 9.97 Å². The number of hydrogen-bond donors (Lipinski definition) is 0. The second kappa shape index (κ2) is 7.95. The molecule has 6 aromatic carbocycles. The SMILES string of the molecule is c1ccc(-c2nc(-c3ccc4c5ccccc5c5ccccc5c4c3)c3sc4ccccc4c3n2)cc1. The molecule has 3 heteroatoms. The third kappa shape index (κ3) is 3.11. The first-order chi connectivity index (χ1) is 18.3. The zero-order chi connectivity index (χ0) is 24.3. The Bertz CT molecular complexity index is 2110. The van der Waals surface area contributed by atoms with Gasteiger partial charge < -0.3 is 0 Å². The summed E-state index contributed by atoms with van der Waals surface area (Å²) in [6, 6.07) is 43.0. The molecule has 0 N–H and O–H groups in total. The van der Waals surface area contributed by atoms with Gasteiger partial charge in [-0.2, -0.15) is 0 Å². The van der Waals surface area contributed by atoms with Gasteiger partial charge in [-0.3, -0.25) is 0 Å². The Balaban J connectivity index is 1.49. The number of fused-ring (bicyclic) bond motifs is 9. The van der Waals surface area contributed by atoms with Gasteiger partial charge in [-0.05, 0) is 44.5 Å². The Morgan fingerprint density at radius 3 is 1.70 bits per heavy atom. The molecule has 8 rings (SSSR count). The van der Waals surface area contributed by atoms with Crippen LogP contribution in [0.2, 0.25) is 0 Å². The third-order valence-corrected chi connectivity index (χ3v) is 8.44. The molecule has 172 valence electrons. The van der Waals surface area contributed by atoms with Gasteiger partial charge in [-0.25, -0.2) is 9.97 Å². The average Bonchev–Trinajstić information content (AvgIpc) is 3.36. The van der Waals surface area contributed by atoms with E-state index in [1.807, 2.05) is 18.2 Å². The van der Waals surface area contributed by atoms with Crippen LogP contribution in [0.1, 0.15) is 0 Å². The van der Waals surface area contributed by atoms with Gasteiger partial charge in [0.25, 0.3) is 0 Å². The van der Waals surface area contributed by atoms with E-state index in [1.165, 1.54) is 42.4 Å².